The maximum atomic E-state index is 13.1. The molecule has 4 unspecified atom stereocenters. The maximum Gasteiger partial charge on any atom is 0.306 e. The first-order valence-electron chi connectivity index (χ1n) is 25.2. The highest BCUT2D eigenvalue weighted by atomic mass is 16.5. The van der Waals surface area contributed by atoms with E-state index in [9.17, 15) is 14.4 Å². The lowest BCUT2D eigenvalue weighted by molar-refractivity contribution is -0.151. The Morgan fingerprint density at radius 1 is 0.429 bits per heavy atom. The van der Waals surface area contributed by atoms with Gasteiger partial charge in [-0.15, -0.1) is 0 Å². The third-order valence-corrected chi connectivity index (χ3v) is 14.5. The van der Waals surface area contributed by atoms with Crippen LogP contribution in [0.25, 0.3) is 0 Å². The molecule has 0 spiro atoms. The monoisotopic (exact) mass is 785 g/mol. The number of hydrogen-bond acceptors (Lipinski definition) is 5. The molecular formula is C51H92O5. The van der Waals surface area contributed by atoms with Crippen molar-refractivity contribution in [3.63, 3.8) is 0 Å². The predicted molar refractivity (Wildman–Crippen MR) is 235 cm³/mol. The number of hydrogen-bond donors (Lipinski definition) is 0. The highest BCUT2D eigenvalue weighted by molar-refractivity contribution is 5.80. The number of rotatable bonds is 29. The predicted octanol–water partition coefficient (Wildman–Crippen LogP) is 15.2. The van der Waals surface area contributed by atoms with E-state index in [4.69, 9.17) is 9.47 Å². The molecule has 0 aromatic carbocycles. The zero-order valence-electron chi connectivity index (χ0n) is 37.6. The van der Waals surface area contributed by atoms with Crippen LogP contribution in [0.4, 0.5) is 0 Å². The molecule has 5 heteroatoms. The topological polar surface area (TPSA) is 69.7 Å². The summed E-state index contributed by atoms with van der Waals surface area (Å²) >= 11 is 0. The minimum Gasteiger partial charge on any atom is -0.462 e. The van der Waals surface area contributed by atoms with Crippen LogP contribution < -0.4 is 0 Å². The van der Waals surface area contributed by atoms with Gasteiger partial charge in [-0.3, -0.25) is 14.4 Å². The van der Waals surface area contributed by atoms with Gasteiger partial charge >= 0.3 is 11.9 Å². The van der Waals surface area contributed by atoms with Crippen LogP contribution in [0, 0.1) is 35.5 Å². The lowest BCUT2D eigenvalue weighted by Gasteiger charge is -2.24. The molecule has 0 radical (unpaired) electrons. The van der Waals surface area contributed by atoms with Crippen molar-refractivity contribution in [2.24, 2.45) is 35.5 Å². The number of carbonyl (C=O) groups excluding carboxylic acids is 3. The van der Waals surface area contributed by atoms with Gasteiger partial charge in [0.1, 0.15) is 18.0 Å². The van der Waals surface area contributed by atoms with Gasteiger partial charge in [-0.2, -0.15) is 0 Å². The van der Waals surface area contributed by atoms with Gasteiger partial charge in [-0.1, -0.05) is 143 Å². The largest absolute Gasteiger partial charge is 0.462 e. The van der Waals surface area contributed by atoms with E-state index in [1.165, 1.54) is 154 Å². The van der Waals surface area contributed by atoms with E-state index in [2.05, 4.69) is 27.7 Å². The molecule has 4 aliphatic carbocycles. The van der Waals surface area contributed by atoms with Crippen molar-refractivity contribution >= 4 is 17.7 Å². The van der Waals surface area contributed by atoms with Crippen LogP contribution in [-0.2, 0) is 23.9 Å². The van der Waals surface area contributed by atoms with Gasteiger partial charge in [-0.05, 0) is 125 Å². The highest BCUT2D eigenvalue weighted by Crippen LogP contribution is 2.48. The molecule has 5 nitrogen and oxygen atoms in total. The smallest absolute Gasteiger partial charge is 0.306 e. The Balaban J connectivity index is 0.00000200. The van der Waals surface area contributed by atoms with Gasteiger partial charge in [0, 0.05) is 25.7 Å². The fraction of sp³-hybridized carbons (Fsp3) is 0.941. The van der Waals surface area contributed by atoms with E-state index in [-0.39, 0.29) is 29.9 Å². The third kappa shape index (κ3) is 21.0. The number of carbonyl (C=O) groups is 3. The molecular weight excluding hydrogens is 693 g/mol. The number of unbranched alkanes of at least 4 members (excludes halogenated alkanes) is 9. The van der Waals surface area contributed by atoms with Crippen LogP contribution in [0.3, 0.4) is 0 Å². The summed E-state index contributed by atoms with van der Waals surface area (Å²) in [6.07, 6.45) is 40.8. The average Bonchev–Trinajstić information content (AvgIpc) is 3.82. The number of esters is 2. The molecule has 0 N–H and O–H groups in total. The Hall–Kier alpha value is -1.39. The van der Waals surface area contributed by atoms with Crippen LogP contribution in [0.2, 0.25) is 0 Å². The number of fused-ring (bicyclic) bond motifs is 2. The van der Waals surface area contributed by atoms with Crippen LogP contribution in [0.1, 0.15) is 259 Å². The molecule has 4 saturated carbocycles. The molecule has 4 aliphatic rings. The van der Waals surface area contributed by atoms with Gasteiger partial charge in [0.2, 0.25) is 0 Å². The summed E-state index contributed by atoms with van der Waals surface area (Å²) in [5, 5.41) is 0. The van der Waals surface area contributed by atoms with Gasteiger partial charge in [0.05, 0.1) is 0 Å². The Morgan fingerprint density at radius 2 is 0.786 bits per heavy atom. The zero-order chi connectivity index (χ0) is 40.2. The third-order valence-electron chi connectivity index (χ3n) is 14.5. The van der Waals surface area contributed by atoms with Crippen molar-refractivity contribution in [3.05, 3.63) is 0 Å². The first-order valence-corrected chi connectivity index (χ1v) is 25.2. The van der Waals surface area contributed by atoms with Crippen molar-refractivity contribution in [1.29, 1.82) is 0 Å². The maximum absolute atomic E-state index is 13.1. The van der Waals surface area contributed by atoms with Crippen LogP contribution >= 0.6 is 0 Å². The van der Waals surface area contributed by atoms with Gasteiger partial charge in [0.25, 0.3) is 0 Å². The average molecular weight is 785 g/mol. The molecule has 0 amide bonds. The lowest BCUT2D eigenvalue weighted by atomic mass is 9.82. The molecule has 0 saturated heterocycles. The molecule has 0 heterocycles. The summed E-state index contributed by atoms with van der Waals surface area (Å²) in [4.78, 5) is 38.5. The van der Waals surface area contributed by atoms with Crippen molar-refractivity contribution in [3.8, 4) is 0 Å². The van der Waals surface area contributed by atoms with E-state index in [1.54, 1.807) is 0 Å². The summed E-state index contributed by atoms with van der Waals surface area (Å²) in [6.45, 7) is 8.83. The second kappa shape index (κ2) is 30.6. The molecule has 326 valence electrons. The second-order valence-electron chi connectivity index (χ2n) is 19.3. The SMILES string of the molecule is CCCC.CCCCCCCC(CCCCCCC)OC(=O)CCCC(=O)CCCC(=O)OC(CCC1CC2CCCCC2C1)CCC1CC2CCCCC2C1. The summed E-state index contributed by atoms with van der Waals surface area (Å²) in [7, 11) is 0. The molecule has 0 aromatic heterocycles. The van der Waals surface area contributed by atoms with Gasteiger partial charge in [-0.25, -0.2) is 0 Å². The van der Waals surface area contributed by atoms with Gasteiger partial charge < -0.3 is 9.47 Å². The molecule has 4 atom stereocenters. The van der Waals surface area contributed by atoms with E-state index < -0.39 is 0 Å². The number of Topliss-reactive ketones (excluding diaryl/α,β-unsaturated/α-hetero) is 1. The Labute approximate surface area is 347 Å². The van der Waals surface area contributed by atoms with Crippen LogP contribution in [0.5, 0.6) is 0 Å². The minimum atomic E-state index is -0.151. The Bertz CT molecular complexity index is 944. The summed E-state index contributed by atoms with van der Waals surface area (Å²) in [6, 6.07) is 0. The van der Waals surface area contributed by atoms with E-state index in [1.807, 2.05) is 0 Å². The number of ketones is 1. The zero-order valence-corrected chi connectivity index (χ0v) is 37.6. The Morgan fingerprint density at radius 3 is 1.14 bits per heavy atom. The molecule has 0 bridgehead atoms. The summed E-state index contributed by atoms with van der Waals surface area (Å²) in [5.41, 5.74) is 0. The van der Waals surface area contributed by atoms with Crippen LogP contribution in [-0.4, -0.2) is 29.9 Å². The normalized spacial score (nSPS) is 24.9. The van der Waals surface area contributed by atoms with Crippen molar-refractivity contribution in [2.75, 3.05) is 0 Å². The fourth-order valence-electron chi connectivity index (χ4n) is 11.0. The molecule has 4 rings (SSSR count). The summed E-state index contributed by atoms with van der Waals surface area (Å²) in [5.74, 6) is 5.33. The summed E-state index contributed by atoms with van der Waals surface area (Å²) < 4.78 is 12.2. The standard InChI is InChI=1S/C47H82O5.C4H10/c1-3-5-7-9-11-25-44(26-12-10-8-6-4-2)51-46(49)27-17-23-43(48)24-18-28-47(50)52-45(31-29-37-33-39-19-13-14-20-40(39)34-37)32-30-38-35-41-21-15-16-22-42(41)36-38;1-3-4-2/h37-42,44-45H,3-36H2,1-2H3;3-4H2,1-2H3. The van der Waals surface area contributed by atoms with E-state index >= 15 is 0 Å². The minimum absolute atomic E-state index is 0.0195. The van der Waals surface area contributed by atoms with E-state index in [0.29, 0.717) is 38.5 Å². The van der Waals surface area contributed by atoms with Crippen molar-refractivity contribution in [2.45, 2.75) is 271 Å². The lowest BCUT2D eigenvalue weighted by Crippen LogP contribution is -2.20. The molecule has 0 aliphatic heterocycles. The molecule has 56 heavy (non-hydrogen) atoms. The van der Waals surface area contributed by atoms with Crippen molar-refractivity contribution in [1.82, 2.24) is 0 Å². The van der Waals surface area contributed by atoms with Crippen LogP contribution in [0.15, 0.2) is 0 Å². The first kappa shape index (κ1) is 49.0. The van der Waals surface area contributed by atoms with Gasteiger partial charge in [0.15, 0.2) is 0 Å². The molecule has 4 fully saturated rings. The van der Waals surface area contributed by atoms with Crippen molar-refractivity contribution < 1.29 is 23.9 Å². The second-order valence-corrected chi connectivity index (χ2v) is 19.3. The first-order chi connectivity index (χ1) is 27.3. The fourth-order valence-corrected chi connectivity index (χ4v) is 11.0. The molecule has 0 aromatic rings. The highest BCUT2D eigenvalue weighted by Gasteiger charge is 2.37. The quantitative estimate of drug-likeness (QED) is 0.0558. The van der Waals surface area contributed by atoms with E-state index in [0.717, 1.165) is 74.0 Å². The Kier molecular flexibility index (Phi) is 26.8. The number of ether oxygens (including phenoxy) is 2.